The molecule has 1 amide bonds. The quantitative estimate of drug-likeness (QED) is 0.413. The molecule has 4 N–H and O–H groups in total. The molecule has 1 atom stereocenters. The molecule has 176 valence electrons. The number of aryl methyl sites for hydroxylation is 1. The summed E-state index contributed by atoms with van der Waals surface area (Å²) < 4.78 is 44.0. The van der Waals surface area contributed by atoms with E-state index in [-0.39, 0.29) is 18.3 Å². The van der Waals surface area contributed by atoms with Crippen LogP contribution >= 0.6 is 0 Å². The fraction of sp³-hybridized carbons (Fsp3) is 0.364. The Morgan fingerprint density at radius 2 is 2.21 bits per heavy atom. The minimum absolute atomic E-state index is 0.179. The van der Waals surface area contributed by atoms with Crippen molar-refractivity contribution in [1.29, 1.82) is 5.41 Å². The second-order valence-corrected chi connectivity index (χ2v) is 7.46. The molecule has 11 heteroatoms. The zero-order valence-electron chi connectivity index (χ0n) is 18.1. The minimum Gasteiger partial charge on any atom is -0.366 e. The standard InChI is InChI=1S/C22H25F3N6O2/c1-15-3-5-18(30-14-27-8-7-26)17(11-15)21(32)31-9-2-10-33-20(31)13-29-19-6-4-16(12-28-19)22(23,24)25/h3-8,11-12,20,26,30H,2,9-10,13-14H2,1H3,(H,28,29)/p+1. The van der Waals surface area contributed by atoms with Crippen molar-refractivity contribution in [2.24, 2.45) is 4.99 Å². The van der Waals surface area contributed by atoms with Gasteiger partial charge in [0.15, 0.2) is 6.67 Å². The average molecular weight is 463 g/mol. The van der Waals surface area contributed by atoms with Crippen molar-refractivity contribution in [3.8, 4) is 0 Å². The Balaban J connectivity index is 1.72. The van der Waals surface area contributed by atoms with Gasteiger partial charge < -0.3 is 20.4 Å². The lowest BCUT2D eigenvalue weighted by Crippen LogP contribution is -2.78. The number of anilines is 1. The fourth-order valence-corrected chi connectivity index (χ4v) is 3.40. The van der Waals surface area contributed by atoms with Crippen molar-refractivity contribution in [3.63, 3.8) is 0 Å². The van der Waals surface area contributed by atoms with Gasteiger partial charge in [0.25, 0.3) is 5.91 Å². The zero-order chi connectivity index (χ0) is 23.8. The highest BCUT2D eigenvalue weighted by atomic mass is 19.4. The smallest absolute Gasteiger partial charge is 0.366 e. The van der Waals surface area contributed by atoms with E-state index < -0.39 is 18.0 Å². The Kier molecular flexibility index (Phi) is 8.12. The van der Waals surface area contributed by atoms with Gasteiger partial charge in [-0.3, -0.25) is 10.1 Å². The summed E-state index contributed by atoms with van der Waals surface area (Å²) in [6.07, 6.45) is -1.14. The van der Waals surface area contributed by atoms with E-state index >= 15 is 0 Å². The van der Waals surface area contributed by atoms with Crippen LogP contribution in [0.4, 0.5) is 24.7 Å². The number of benzene rings is 1. The van der Waals surface area contributed by atoms with Gasteiger partial charge in [0.2, 0.25) is 0 Å². The molecule has 0 aliphatic carbocycles. The van der Waals surface area contributed by atoms with E-state index in [2.05, 4.69) is 15.3 Å². The van der Waals surface area contributed by atoms with Crippen LogP contribution in [0.25, 0.3) is 0 Å². The van der Waals surface area contributed by atoms with Gasteiger partial charge in [-0.15, -0.1) is 0 Å². The summed E-state index contributed by atoms with van der Waals surface area (Å²) in [4.78, 5) is 22.9. The van der Waals surface area contributed by atoms with Crippen molar-refractivity contribution >= 4 is 29.8 Å². The first-order chi connectivity index (χ1) is 15.8. The zero-order valence-corrected chi connectivity index (χ0v) is 18.1. The van der Waals surface area contributed by atoms with Gasteiger partial charge in [-0.25, -0.2) is 9.98 Å². The Labute approximate surface area is 189 Å². The van der Waals surface area contributed by atoms with Crippen LogP contribution < -0.4 is 10.6 Å². The van der Waals surface area contributed by atoms with Gasteiger partial charge in [-0.1, -0.05) is 6.07 Å². The lowest BCUT2D eigenvalue weighted by molar-refractivity contribution is -0.569. The molecule has 0 radical (unpaired) electrons. The Bertz CT molecular complexity index is 995. The number of carbonyl (C=O) groups excluding carboxylic acids is 1. The van der Waals surface area contributed by atoms with Crippen molar-refractivity contribution in [2.75, 3.05) is 31.7 Å². The number of halogens is 3. The Morgan fingerprint density at radius 1 is 1.39 bits per heavy atom. The van der Waals surface area contributed by atoms with Crippen LogP contribution in [0.15, 0.2) is 41.5 Å². The lowest BCUT2D eigenvalue weighted by Gasteiger charge is -2.36. The number of ether oxygens (including phenoxy) is 1. The monoisotopic (exact) mass is 463 g/mol. The highest BCUT2D eigenvalue weighted by Gasteiger charge is 2.32. The van der Waals surface area contributed by atoms with E-state index in [1.54, 1.807) is 4.90 Å². The predicted octanol–water partition coefficient (Wildman–Crippen LogP) is 2.58. The summed E-state index contributed by atoms with van der Waals surface area (Å²) in [5.74, 6) is 0.0612. The van der Waals surface area contributed by atoms with Gasteiger partial charge in [-0.05, 0) is 37.1 Å². The number of pyridine rings is 1. The van der Waals surface area contributed by atoms with Crippen LogP contribution in [0, 0.1) is 12.3 Å². The molecule has 0 saturated carbocycles. The number of quaternary nitrogens is 1. The molecule has 1 aromatic carbocycles. The molecule has 8 nitrogen and oxygen atoms in total. The number of alkyl halides is 3. The first kappa shape index (κ1) is 24.3. The second kappa shape index (κ2) is 11.0. The molecule has 1 aromatic heterocycles. The van der Waals surface area contributed by atoms with E-state index in [9.17, 15) is 18.0 Å². The molecule has 1 aliphatic heterocycles. The van der Waals surface area contributed by atoms with Gasteiger partial charge in [0.05, 0.1) is 18.7 Å². The summed E-state index contributed by atoms with van der Waals surface area (Å²) in [5, 5.41) is 11.8. The predicted molar refractivity (Wildman–Crippen MR) is 118 cm³/mol. The summed E-state index contributed by atoms with van der Waals surface area (Å²) in [5.41, 5.74) is 1.35. The number of rotatable bonds is 8. The van der Waals surface area contributed by atoms with Crippen LogP contribution in [-0.4, -0.2) is 60.8 Å². The van der Waals surface area contributed by atoms with Gasteiger partial charge in [0.1, 0.15) is 23.3 Å². The molecular weight excluding hydrogens is 437 g/mol. The molecule has 0 bridgehead atoms. The number of amides is 1. The van der Waals surface area contributed by atoms with Gasteiger partial charge in [-0.2, -0.15) is 13.2 Å². The van der Waals surface area contributed by atoms with Gasteiger partial charge in [0, 0.05) is 31.2 Å². The molecule has 1 saturated heterocycles. The van der Waals surface area contributed by atoms with Crippen LogP contribution in [0.3, 0.4) is 0 Å². The van der Waals surface area contributed by atoms with E-state index in [0.29, 0.717) is 31.8 Å². The number of hydrogen-bond acceptors (Lipinski definition) is 6. The summed E-state index contributed by atoms with van der Waals surface area (Å²) in [7, 11) is 0. The van der Waals surface area contributed by atoms with Crippen molar-refractivity contribution in [2.45, 2.75) is 25.7 Å². The third-order valence-corrected chi connectivity index (χ3v) is 5.05. The highest BCUT2D eigenvalue weighted by molar-refractivity contribution is 6.14. The third-order valence-electron chi connectivity index (χ3n) is 5.05. The average Bonchev–Trinajstić information content (AvgIpc) is 2.80. The minimum atomic E-state index is -4.45. The van der Waals surface area contributed by atoms with E-state index in [1.807, 2.05) is 30.4 Å². The number of hydrogen-bond donors (Lipinski definition) is 3. The molecule has 1 fully saturated rings. The van der Waals surface area contributed by atoms with Crippen molar-refractivity contribution in [1.82, 2.24) is 9.88 Å². The van der Waals surface area contributed by atoms with Crippen LogP contribution in [-0.2, 0) is 10.9 Å². The Morgan fingerprint density at radius 3 is 2.91 bits per heavy atom. The fourth-order valence-electron chi connectivity index (χ4n) is 3.40. The number of aliphatic imine (C=N–C) groups is 1. The molecule has 0 spiro atoms. The second-order valence-electron chi connectivity index (χ2n) is 7.46. The van der Waals surface area contributed by atoms with Crippen molar-refractivity contribution in [3.05, 3.63) is 53.2 Å². The maximum Gasteiger partial charge on any atom is 0.417 e. The molecule has 1 unspecified atom stereocenters. The summed E-state index contributed by atoms with van der Waals surface area (Å²) in [6, 6.07) is 7.78. The lowest BCUT2D eigenvalue weighted by atomic mass is 10.1. The summed E-state index contributed by atoms with van der Waals surface area (Å²) in [6.45, 7) is 3.38. The van der Waals surface area contributed by atoms with E-state index in [1.165, 1.54) is 12.3 Å². The Hall–Kier alpha value is -3.31. The van der Waals surface area contributed by atoms with Crippen molar-refractivity contribution < 1.29 is 28.0 Å². The highest BCUT2D eigenvalue weighted by Crippen LogP contribution is 2.29. The molecule has 33 heavy (non-hydrogen) atoms. The molecule has 2 heterocycles. The summed E-state index contributed by atoms with van der Waals surface area (Å²) >= 11 is 0. The molecule has 1 aliphatic rings. The molecular formula is C22H26F3N6O2+. The van der Waals surface area contributed by atoms with Crippen LogP contribution in [0.2, 0.25) is 0 Å². The largest absolute Gasteiger partial charge is 0.417 e. The van der Waals surface area contributed by atoms with Crippen LogP contribution in [0.5, 0.6) is 0 Å². The number of nitrogens with zero attached hydrogens (tertiary/aromatic N) is 3. The van der Waals surface area contributed by atoms with E-state index in [4.69, 9.17) is 10.1 Å². The number of nitrogens with one attached hydrogen (secondary N) is 2. The molecule has 2 aromatic rings. The third kappa shape index (κ3) is 6.59. The number of nitrogens with two attached hydrogens (primary N) is 1. The maximum atomic E-state index is 13.4. The maximum absolute atomic E-state index is 13.4. The topological polar surface area (TPSA) is 107 Å². The molecule has 3 rings (SSSR count). The van der Waals surface area contributed by atoms with Gasteiger partial charge >= 0.3 is 6.18 Å². The van der Waals surface area contributed by atoms with Crippen LogP contribution in [0.1, 0.15) is 27.9 Å². The van der Waals surface area contributed by atoms with E-state index in [0.717, 1.165) is 29.7 Å². The number of aromatic nitrogens is 1. The SMILES string of the molecule is Cc1ccc([NH2+]CN=CC=N)c(C(=O)N2CCCOC2CNc2ccc(C(F)(F)F)cn2)c1. The normalized spacial score (nSPS) is 16.7. The first-order valence-corrected chi connectivity index (χ1v) is 10.4. The number of carbonyl (C=O) groups is 1. The first-order valence-electron chi connectivity index (χ1n) is 10.4.